The van der Waals surface area contributed by atoms with Crippen LogP contribution in [0.25, 0.3) is 0 Å². The number of hydrogen-bond acceptors (Lipinski definition) is 3. The highest BCUT2D eigenvalue weighted by Crippen LogP contribution is 2.28. The van der Waals surface area contributed by atoms with Crippen LogP contribution in [0.1, 0.15) is 45.6 Å². The standard InChI is InChI=1S/C19H28FNO2/c1-4-23-18(22)15-9-12-21(13-10-15)14-11-19(2,3)16-5-7-17(20)8-6-16/h5-8,15H,4,9-14H2,1-3H3. The molecule has 0 aromatic heterocycles. The molecule has 0 saturated carbocycles. The fourth-order valence-electron chi connectivity index (χ4n) is 3.14. The van der Waals surface area contributed by atoms with Gasteiger partial charge in [0.2, 0.25) is 0 Å². The Kier molecular flexibility index (Phi) is 6.17. The fraction of sp³-hybridized carbons (Fsp3) is 0.632. The minimum atomic E-state index is -0.189. The van der Waals surface area contributed by atoms with Crippen LogP contribution >= 0.6 is 0 Å². The van der Waals surface area contributed by atoms with Gasteiger partial charge in [0.1, 0.15) is 5.82 Å². The molecule has 3 nitrogen and oxygen atoms in total. The third kappa shape index (κ3) is 5.03. The van der Waals surface area contributed by atoms with Crippen molar-refractivity contribution in [2.75, 3.05) is 26.2 Å². The topological polar surface area (TPSA) is 29.5 Å². The lowest BCUT2D eigenvalue weighted by atomic mass is 9.81. The van der Waals surface area contributed by atoms with Crippen LogP contribution in [-0.4, -0.2) is 37.1 Å². The Morgan fingerprint density at radius 3 is 2.43 bits per heavy atom. The third-order valence-electron chi connectivity index (χ3n) is 4.89. The van der Waals surface area contributed by atoms with Crippen molar-refractivity contribution in [1.82, 2.24) is 4.90 Å². The van der Waals surface area contributed by atoms with Crippen LogP contribution in [-0.2, 0) is 14.9 Å². The van der Waals surface area contributed by atoms with E-state index in [0.717, 1.165) is 38.9 Å². The zero-order valence-corrected chi connectivity index (χ0v) is 14.5. The molecule has 0 atom stereocenters. The third-order valence-corrected chi connectivity index (χ3v) is 4.89. The van der Waals surface area contributed by atoms with Crippen LogP contribution in [0.15, 0.2) is 24.3 Å². The summed E-state index contributed by atoms with van der Waals surface area (Å²) in [5.74, 6) is -0.166. The molecule has 0 aliphatic carbocycles. The number of carbonyl (C=O) groups excluding carboxylic acids is 1. The molecule has 2 rings (SSSR count). The first-order valence-corrected chi connectivity index (χ1v) is 8.57. The highest BCUT2D eigenvalue weighted by Gasteiger charge is 2.27. The second-order valence-electron chi connectivity index (χ2n) is 7.01. The van der Waals surface area contributed by atoms with Gasteiger partial charge in [-0.15, -0.1) is 0 Å². The predicted octanol–water partition coefficient (Wildman–Crippen LogP) is 3.77. The first-order valence-electron chi connectivity index (χ1n) is 8.57. The fourth-order valence-corrected chi connectivity index (χ4v) is 3.14. The van der Waals surface area contributed by atoms with Crippen molar-refractivity contribution in [2.24, 2.45) is 5.92 Å². The van der Waals surface area contributed by atoms with E-state index in [0.29, 0.717) is 6.61 Å². The van der Waals surface area contributed by atoms with Gasteiger partial charge in [-0.05, 0) is 68.9 Å². The number of ether oxygens (including phenoxy) is 1. The highest BCUT2D eigenvalue weighted by molar-refractivity contribution is 5.72. The van der Waals surface area contributed by atoms with Crippen molar-refractivity contribution in [3.05, 3.63) is 35.6 Å². The summed E-state index contributed by atoms with van der Waals surface area (Å²) in [5, 5.41) is 0. The van der Waals surface area contributed by atoms with Gasteiger partial charge in [-0.2, -0.15) is 0 Å². The number of halogens is 1. The monoisotopic (exact) mass is 321 g/mol. The molecule has 0 spiro atoms. The Bertz CT molecular complexity index is 505. The number of hydrogen-bond donors (Lipinski definition) is 0. The Morgan fingerprint density at radius 2 is 1.87 bits per heavy atom. The lowest BCUT2D eigenvalue weighted by Gasteiger charge is -2.34. The lowest BCUT2D eigenvalue weighted by Crippen LogP contribution is -2.39. The Hall–Kier alpha value is -1.42. The van der Waals surface area contributed by atoms with Crippen LogP contribution in [0.5, 0.6) is 0 Å². The molecule has 1 aliphatic rings. The van der Waals surface area contributed by atoms with Gasteiger partial charge >= 0.3 is 5.97 Å². The number of carbonyl (C=O) groups is 1. The zero-order valence-electron chi connectivity index (χ0n) is 14.5. The van der Waals surface area contributed by atoms with Crippen molar-refractivity contribution in [3.8, 4) is 0 Å². The summed E-state index contributed by atoms with van der Waals surface area (Å²) in [7, 11) is 0. The molecule has 128 valence electrons. The van der Waals surface area contributed by atoms with E-state index in [1.54, 1.807) is 0 Å². The van der Waals surface area contributed by atoms with Crippen molar-refractivity contribution < 1.29 is 13.9 Å². The molecule has 0 bridgehead atoms. The Morgan fingerprint density at radius 1 is 1.26 bits per heavy atom. The summed E-state index contributed by atoms with van der Waals surface area (Å²) in [6, 6.07) is 6.81. The Labute approximate surface area is 138 Å². The van der Waals surface area contributed by atoms with Crippen molar-refractivity contribution in [1.29, 1.82) is 0 Å². The van der Waals surface area contributed by atoms with Gasteiger partial charge in [0, 0.05) is 0 Å². The second kappa shape index (κ2) is 7.91. The molecule has 4 heteroatoms. The normalized spacial score (nSPS) is 17.2. The zero-order chi connectivity index (χ0) is 16.9. The summed E-state index contributed by atoms with van der Waals surface area (Å²) in [6.45, 7) is 9.61. The number of piperidine rings is 1. The van der Waals surface area contributed by atoms with Crippen LogP contribution in [0, 0.1) is 11.7 Å². The van der Waals surface area contributed by atoms with Crippen LogP contribution in [0.2, 0.25) is 0 Å². The van der Waals surface area contributed by atoms with Gasteiger partial charge in [-0.3, -0.25) is 4.79 Å². The van der Waals surface area contributed by atoms with Gasteiger partial charge in [0.25, 0.3) is 0 Å². The quantitative estimate of drug-likeness (QED) is 0.747. The SMILES string of the molecule is CCOC(=O)C1CCN(CCC(C)(C)c2ccc(F)cc2)CC1. The van der Waals surface area contributed by atoms with Gasteiger partial charge < -0.3 is 9.64 Å². The molecule has 1 aromatic rings. The van der Waals surface area contributed by atoms with Crippen LogP contribution < -0.4 is 0 Å². The van der Waals surface area contributed by atoms with Crippen LogP contribution in [0.4, 0.5) is 4.39 Å². The summed E-state index contributed by atoms with van der Waals surface area (Å²) >= 11 is 0. The number of esters is 1. The largest absolute Gasteiger partial charge is 0.466 e. The molecule has 1 aromatic carbocycles. The maximum absolute atomic E-state index is 13.1. The summed E-state index contributed by atoms with van der Waals surface area (Å²) in [6.07, 6.45) is 2.79. The van der Waals surface area contributed by atoms with E-state index in [1.807, 2.05) is 19.1 Å². The maximum Gasteiger partial charge on any atom is 0.309 e. The van der Waals surface area contributed by atoms with Gasteiger partial charge in [-0.25, -0.2) is 4.39 Å². The molecular formula is C19H28FNO2. The molecule has 1 heterocycles. The first kappa shape index (κ1) is 17.9. The number of benzene rings is 1. The van der Waals surface area contributed by atoms with E-state index >= 15 is 0 Å². The molecule has 1 saturated heterocycles. The van der Waals surface area contributed by atoms with Crippen molar-refractivity contribution in [2.45, 2.75) is 45.4 Å². The molecule has 23 heavy (non-hydrogen) atoms. The van der Waals surface area contributed by atoms with E-state index in [-0.39, 0.29) is 23.1 Å². The van der Waals surface area contributed by atoms with Crippen LogP contribution in [0.3, 0.4) is 0 Å². The molecule has 0 radical (unpaired) electrons. The van der Waals surface area contributed by atoms with Crippen molar-refractivity contribution in [3.63, 3.8) is 0 Å². The number of likely N-dealkylation sites (tertiary alicyclic amines) is 1. The van der Waals surface area contributed by atoms with E-state index in [2.05, 4.69) is 18.7 Å². The maximum atomic E-state index is 13.1. The molecule has 0 amide bonds. The average Bonchev–Trinajstić information content (AvgIpc) is 2.54. The van der Waals surface area contributed by atoms with Crippen molar-refractivity contribution >= 4 is 5.97 Å². The minimum absolute atomic E-state index is 0.0195. The molecule has 1 fully saturated rings. The predicted molar refractivity (Wildman–Crippen MR) is 89.8 cm³/mol. The Balaban J connectivity index is 1.80. The molecule has 0 unspecified atom stereocenters. The van der Waals surface area contributed by atoms with E-state index in [9.17, 15) is 9.18 Å². The summed E-state index contributed by atoms with van der Waals surface area (Å²) in [4.78, 5) is 14.2. The number of nitrogens with zero attached hydrogens (tertiary/aromatic N) is 1. The van der Waals surface area contributed by atoms with Gasteiger partial charge in [0.05, 0.1) is 12.5 Å². The smallest absolute Gasteiger partial charge is 0.309 e. The summed E-state index contributed by atoms with van der Waals surface area (Å²) < 4.78 is 18.2. The first-order chi connectivity index (χ1) is 10.9. The second-order valence-corrected chi connectivity index (χ2v) is 7.01. The van der Waals surface area contributed by atoms with E-state index < -0.39 is 0 Å². The average molecular weight is 321 g/mol. The summed E-state index contributed by atoms with van der Waals surface area (Å²) in [5.41, 5.74) is 1.19. The lowest BCUT2D eigenvalue weighted by molar-refractivity contribution is -0.149. The highest BCUT2D eigenvalue weighted by atomic mass is 19.1. The molecule has 0 N–H and O–H groups in total. The number of rotatable bonds is 6. The van der Waals surface area contributed by atoms with E-state index in [1.165, 1.54) is 17.7 Å². The minimum Gasteiger partial charge on any atom is -0.466 e. The van der Waals surface area contributed by atoms with E-state index in [4.69, 9.17) is 4.74 Å². The van der Waals surface area contributed by atoms with Gasteiger partial charge in [0.15, 0.2) is 0 Å². The van der Waals surface area contributed by atoms with Gasteiger partial charge in [-0.1, -0.05) is 26.0 Å². The molecular weight excluding hydrogens is 293 g/mol. The molecule has 1 aliphatic heterocycles.